The minimum atomic E-state index is -4.65. The highest BCUT2D eigenvalue weighted by Gasteiger charge is 2.36. The van der Waals surface area contributed by atoms with Gasteiger partial charge in [0.25, 0.3) is 5.91 Å². The first-order valence-corrected chi connectivity index (χ1v) is 8.65. The first-order chi connectivity index (χ1) is 13.8. The largest absolute Gasteiger partial charge is 0.454 e. The third-order valence-corrected chi connectivity index (χ3v) is 4.51. The lowest BCUT2D eigenvalue weighted by Gasteiger charge is -2.15. The molecule has 0 spiro atoms. The molecule has 29 heavy (non-hydrogen) atoms. The lowest BCUT2D eigenvalue weighted by molar-refractivity contribution is -0.137. The summed E-state index contributed by atoms with van der Waals surface area (Å²) in [7, 11) is 0. The molecule has 0 radical (unpaired) electrons. The number of fused-ring (bicyclic) bond motifs is 1. The number of carbonyl (C=O) groups excluding carboxylic acids is 2. The molecule has 1 N–H and O–H groups in total. The zero-order chi connectivity index (χ0) is 20.6. The molecule has 10 heteroatoms. The number of rotatable bonds is 4. The Kier molecular flexibility index (Phi) is 4.69. The van der Waals surface area contributed by atoms with E-state index in [2.05, 4.69) is 5.32 Å². The minimum absolute atomic E-state index is 0.0945. The van der Waals surface area contributed by atoms with E-state index in [-0.39, 0.29) is 19.9 Å². The van der Waals surface area contributed by atoms with Crippen molar-refractivity contribution in [3.05, 3.63) is 53.6 Å². The third-order valence-electron chi connectivity index (χ3n) is 4.51. The van der Waals surface area contributed by atoms with Crippen LogP contribution in [-0.4, -0.2) is 38.0 Å². The summed E-state index contributed by atoms with van der Waals surface area (Å²) in [5.41, 5.74) is -0.990. The number of anilines is 1. The van der Waals surface area contributed by atoms with Gasteiger partial charge in [0.15, 0.2) is 11.5 Å². The maximum Gasteiger partial charge on any atom is 0.417 e. The smallest absolute Gasteiger partial charge is 0.417 e. The number of cyclic esters (lactones) is 1. The Hall–Kier alpha value is -3.43. The van der Waals surface area contributed by atoms with E-state index in [0.717, 1.165) is 12.1 Å². The molecule has 2 aliphatic rings. The highest BCUT2D eigenvalue weighted by Crippen LogP contribution is 2.36. The fourth-order valence-corrected chi connectivity index (χ4v) is 3.12. The van der Waals surface area contributed by atoms with E-state index in [4.69, 9.17) is 14.2 Å². The predicted molar refractivity (Wildman–Crippen MR) is 94.0 cm³/mol. The van der Waals surface area contributed by atoms with Crippen LogP contribution in [0.3, 0.4) is 0 Å². The van der Waals surface area contributed by atoms with Gasteiger partial charge in [-0.1, -0.05) is 12.1 Å². The number of alkyl halides is 3. The van der Waals surface area contributed by atoms with Gasteiger partial charge in [0, 0.05) is 6.07 Å². The molecule has 4 rings (SSSR count). The normalized spacial score (nSPS) is 18.0. The van der Waals surface area contributed by atoms with Crippen LogP contribution in [0, 0.1) is 0 Å². The standard InChI is InChI=1S/C19H15F3N2O5/c20-19(21,22)14-4-2-1-3-13(14)17(25)23-8-12-9-24(18(26)29-12)11-5-6-15-16(7-11)28-10-27-15/h1-7,12H,8-10H2,(H,23,25). The van der Waals surface area contributed by atoms with Gasteiger partial charge in [-0.2, -0.15) is 13.2 Å². The molecule has 7 nitrogen and oxygen atoms in total. The number of hydrogen-bond acceptors (Lipinski definition) is 5. The van der Waals surface area contributed by atoms with Crippen LogP contribution in [0.5, 0.6) is 11.5 Å². The van der Waals surface area contributed by atoms with E-state index < -0.39 is 35.4 Å². The first kappa shape index (κ1) is 18.9. The molecule has 2 amide bonds. The topological polar surface area (TPSA) is 77.1 Å². The SMILES string of the molecule is O=C(NCC1CN(c2ccc3c(c2)OCO3)C(=O)O1)c1ccccc1C(F)(F)F. The van der Waals surface area contributed by atoms with Crippen molar-refractivity contribution in [3.63, 3.8) is 0 Å². The van der Waals surface area contributed by atoms with Gasteiger partial charge in [0.2, 0.25) is 6.79 Å². The molecule has 2 heterocycles. The average Bonchev–Trinajstić information content (AvgIpc) is 3.31. The molecule has 0 aromatic heterocycles. The monoisotopic (exact) mass is 408 g/mol. The van der Waals surface area contributed by atoms with Crippen molar-refractivity contribution in [3.8, 4) is 11.5 Å². The van der Waals surface area contributed by atoms with Gasteiger partial charge >= 0.3 is 12.3 Å². The van der Waals surface area contributed by atoms with Crippen LogP contribution in [0.1, 0.15) is 15.9 Å². The van der Waals surface area contributed by atoms with Crippen LogP contribution in [0.4, 0.5) is 23.7 Å². The maximum atomic E-state index is 13.1. The molecule has 0 bridgehead atoms. The Bertz CT molecular complexity index is 963. The highest BCUT2D eigenvalue weighted by molar-refractivity contribution is 5.96. The van der Waals surface area contributed by atoms with Gasteiger partial charge < -0.3 is 19.5 Å². The van der Waals surface area contributed by atoms with Crippen LogP contribution in [-0.2, 0) is 10.9 Å². The summed E-state index contributed by atoms with van der Waals surface area (Å²) in [5, 5.41) is 2.40. The molecule has 2 aromatic rings. The number of ether oxygens (including phenoxy) is 3. The summed E-state index contributed by atoms with van der Waals surface area (Å²) in [4.78, 5) is 25.7. The molecule has 0 saturated carbocycles. The number of halogens is 3. The molecule has 1 fully saturated rings. The number of nitrogens with one attached hydrogen (secondary N) is 1. The second-order valence-electron chi connectivity index (χ2n) is 6.41. The third kappa shape index (κ3) is 3.78. The first-order valence-electron chi connectivity index (χ1n) is 8.65. The van der Waals surface area contributed by atoms with E-state index >= 15 is 0 Å². The van der Waals surface area contributed by atoms with Crippen LogP contribution >= 0.6 is 0 Å². The molecular formula is C19H15F3N2O5. The van der Waals surface area contributed by atoms with Gasteiger partial charge in [-0.15, -0.1) is 0 Å². The van der Waals surface area contributed by atoms with Gasteiger partial charge in [-0.05, 0) is 24.3 Å². The van der Waals surface area contributed by atoms with Crippen molar-refractivity contribution in [2.24, 2.45) is 0 Å². The quantitative estimate of drug-likeness (QED) is 0.841. The molecule has 2 aromatic carbocycles. The van der Waals surface area contributed by atoms with Crippen LogP contribution in [0.25, 0.3) is 0 Å². The zero-order valence-electron chi connectivity index (χ0n) is 14.9. The van der Waals surface area contributed by atoms with Gasteiger partial charge in [0.1, 0.15) is 6.10 Å². The Morgan fingerprint density at radius 3 is 2.69 bits per heavy atom. The Morgan fingerprint density at radius 1 is 1.14 bits per heavy atom. The van der Waals surface area contributed by atoms with Gasteiger partial charge in [-0.3, -0.25) is 9.69 Å². The second-order valence-corrected chi connectivity index (χ2v) is 6.41. The van der Waals surface area contributed by atoms with Crippen LogP contribution in [0.2, 0.25) is 0 Å². The average molecular weight is 408 g/mol. The number of carbonyl (C=O) groups is 2. The number of amides is 2. The summed E-state index contributed by atoms with van der Waals surface area (Å²) in [6.07, 6.45) is -5.99. The van der Waals surface area contributed by atoms with Crippen molar-refractivity contribution < 1.29 is 37.0 Å². The molecular weight excluding hydrogens is 393 g/mol. The summed E-state index contributed by atoms with van der Waals surface area (Å²) in [6.45, 7) is 0.0920. The molecule has 1 atom stereocenters. The number of nitrogens with zero attached hydrogens (tertiary/aromatic N) is 1. The molecule has 0 aliphatic carbocycles. The van der Waals surface area contributed by atoms with Crippen molar-refractivity contribution >= 4 is 17.7 Å². The lowest BCUT2D eigenvalue weighted by atomic mass is 10.1. The maximum absolute atomic E-state index is 13.1. The van der Waals surface area contributed by atoms with Gasteiger partial charge in [-0.25, -0.2) is 4.79 Å². The summed E-state index contributed by atoms with van der Waals surface area (Å²) >= 11 is 0. The Labute approximate surface area is 163 Å². The summed E-state index contributed by atoms with van der Waals surface area (Å²) < 4.78 is 54.9. The Balaban J connectivity index is 1.41. The highest BCUT2D eigenvalue weighted by atomic mass is 19.4. The summed E-state index contributed by atoms with van der Waals surface area (Å²) in [6, 6.07) is 9.44. The lowest BCUT2D eigenvalue weighted by Crippen LogP contribution is -2.35. The number of benzene rings is 2. The Morgan fingerprint density at radius 2 is 1.90 bits per heavy atom. The minimum Gasteiger partial charge on any atom is -0.454 e. The summed E-state index contributed by atoms with van der Waals surface area (Å²) in [5.74, 6) is 0.166. The predicted octanol–water partition coefficient (Wildman–Crippen LogP) is 3.19. The molecule has 1 unspecified atom stereocenters. The number of hydrogen-bond donors (Lipinski definition) is 1. The van der Waals surface area contributed by atoms with Crippen molar-refractivity contribution in [2.45, 2.75) is 12.3 Å². The fraction of sp³-hybridized carbons (Fsp3) is 0.263. The fourth-order valence-electron chi connectivity index (χ4n) is 3.12. The van der Waals surface area contributed by atoms with E-state index in [1.807, 2.05) is 0 Å². The van der Waals surface area contributed by atoms with Gasteiger partial charge in [0.05, 0.1) is 29.9 Å². The zero-order valence-corrected chi connectivity index (χ0v) is 14.9. The van der Waals surface area contributed by atoms with E-state index in [0.29, 0.717) is 17.2 Å². The van der Waals surface area contributed by atoms with Crippen LogP contribution in [0.15, 0.2) is 42.5 Å². The molecule has 1 saturated heterocycles. The van der Waals surface area contributed by atoms with E-state index in [1.54, 1.807) is 18.2 Å². The van der Waals surface area contributed by atoms with Crippen molar-refractivity contribution in [1.29, 1.82) is 0 Å². The second kappa shape index (κ2) is 7.19. The van der Waals surface area contributed by atoms with Crippen LogP contribution < -0.4 is 19.7 Å². The molecule has 152 valence electrons. The van der Waals surface area contributed by atoms with Crippen molar-refractivity contribution in [2.75, 3.05) is 24.8 Å². The van der Waals surface area contributed by atoms with E-state index in [9.17, 15) is 22.8 Å². The van der Waals surface area contributed by atoms with E-state index in [1.165, 1.54) is 17.0 Å². The molecule has 2 aliphatic heterocycles. The van der Waals surface area contributed by atoms with Crippen molar-refractivity contribution in [1.82, 2.24) is 5.32 Å².